The molecule has 0 unspecified atom stereocenters. The van der Waals surface area contributed by atoms with Crippen LogP contribution < -0.4 is 0 Å². The minimum Gasteiger partial charge on any atom is -0.455 e. The largest absolute Gasteiger partial charge is 0.455 e. The molecule has 0 saturated heterocycles. The van der Waals surface area contributed by atoms with E-state index in [4.69, 9.17) is 4.42 Å². The zero-order valence-corrected chi connectivity index (χ0v) is 11.6. The van der Waals surface area contributed by atoms with Gasteiger partial charge in [0.15, 0.2) is 0 Å². The Labute approximate surface area is 118 Å². The van der Waals surface area contributed by atoms with Crippen molar-refractivity contribution < 1.29 is 4.42 Å². The Balaban J connectivity index is 2.29. The molecule has 1 nitrogen and oxygen atoms in total. The molecule has 4 aromatic rings. The minimum atomic E-state index is 0.966. The van der Waals surface area contributed by atoms with Gasteiger partial charge in [-0.2, -0.15) is 0 Å². The highest BCUT2D eigenvalue weighted by Gasteiger charge is 2.09. The number of rotatable bonds is 0. The van der Waals surface area contributed by atoms with Gasteiger partial charge in [-0.15, -0.1) is 0 Å². The van der Waals surface area contributed by atoms with E-state index < -0.39 is 0 Å². The van der Waals surface area contributed by atoms with Gasteiger partial charge < -0.3 is 4.42 Å². The molecular formula is C16H9IO. The average Bonchev–Trinajstić information content (AvgIpc) is 2.76. The maximum Gasteiger partial charge on any atom is 0.143 e. The minimum absolute atomic E-state index is 0.966. The number of hydrogen-bond acceptors (Lipinski definition) is 1. The molecule has 0 aliphatic carbocycles. The lowest BCUT2D eigenvalue weighted by atomic mass is 10.1. The van der Waals surface area contributed by atoms with Crippen LogP contribution in [0.2, 0.25) is 0 Å². The summed E-state index contributed by atoms with van der Waals surface area (Å²) in [5.74, 6) is 0. The van der Waals surface area contributed by atoms with E-state index >= 15 is 0 Å². The van der Waals surface area contributed by atoms with Crippen LogP contribution in [0.4, 0.5) is 0 Å². The van der Waals surface area contributed by atoms with Gasteiger partial charge >= 0.3 is 0 Å². The molecule has 0 spiro atoms. The SMILES string of the molecule is Ic1ccc2c(c1)oc1c3ccccc3ccc21. The van der Waals surface area contributed by atoms with Crippen molar-refractivity contribution in [3.63, 3.8) is 0 Å². The maximum absolute atomic E-state index is 6.04. The van der Waals surface area contributed by atoms with Crippen LogP contribution in [0.1, 0.15) is 0 Å². The molecule has 3 aromatic carbocycles. The molecule has 0 N–H and O–H groups in total. The zero-order chi connectivity index (χ0) is 12.1. The Kier molecular flexibility index (Phi) is 2.14. The van der Waals surface area contributed by atoms with Crippen LogP contribution >= 0.6 is 22.6 Å². The van der Waals surface area contributed by atoms with Gasteiger partial charge in [-0.25, -0.2) is 0 Å². The summed E-state index contributed by atoms with van der Waals surface area (Å²) in [5.41, 5.74) is 1.96. The van der Waals surface area contributed by atoms with Crippen molar-refractivity contribution in [1.82, 2.24) is 0 Å². The van der Waals surface area contributed by atoms with E-state index in [0.717, 1.165) is 11.2 Å². The molecule has 86 valence electrons. The van der Waals surface area contributed by atoms with Gasteiger partial charge in [0.2, 0.25) is 0 Å². The number of benzene rings is 3. The quantitative estimate of drug-likeness (QED) is 0.392. The smallest absolute Gasteiger partial charge is 0.143 e. The lowest BCUT2D eigenvalue weighted by molar-refractivity contribution is 0.672. The molecule has 0 aliphatic rings. The van der Waals surface area contributed by atoms with Crippen LogP contribution in [0.3, 0.4) is 0 Å². The van der Waals surface area contributed by atoms with E-state index in [1.807, 2.05) is 0 Å². The molecule has 2 heteroatoms. The zero-order valence-electron chi connectivity index (χ0n) is 9.48. The van der Waals surface area contributed by atoms with E-state index in [-0.39, 0.29) is 0 Å². The summed E-state index contributed by atoms with van der Waals surface area (Å²) in [4.78, 5) is 0. The molecule has 0 aliphatic heterocycles. The maximum atomic E-state index is 6.04. The van der Waals surface area contributed by atoms with Gasteiger partial charge in [-0.3, -0.25) is 0 Å². The molecule has 0 saturated carbocycles. The Morgan fingerprint density at radius 3 is 2.56 bits per heavy atom. The van der Waals surface area contributed by atoms with Gasteiger partial charge in [0.25, 0.3) is 0 Å². The molecule has 1 heterocycles. The molecule has 0 atom stereocenters. The highest BCUT2D eigenvalue weighted by molar-refractivity contribution is 14.1. The summed E-state index contributed by atoms with van der Waals surface area (Å²) in [5, 5.41) is 4.79. The van der Waals surface area contributed by atoms with Crippen LogP contribution in [0, 0.1) is 3.57 Å². The van der Waals surface area contributed by atoms with Crippen LogP contribution in [-0.2, 0) is 0 Å². The van der Waals surface area contributed by atoms with Gasteiger partial charge in [0.1, 0.15) is 11.2 Å². The Morgan fingerprint density at radius 2 is 1.61 bits per heavy atom. The molecule has 0 bridgehead atoms. The van der Waals surface area contributed by atoms with Gasteiger partial charge in [-0.1, -0.05) is 30.3 Å². The van der Waals surface area contributed by atoms with Crippen LogP contribution in [0.25, 0.3) is 32.7 Å². The average molecular weight is 344 g/mol. The molecule has 18 heavy (non-hydrogen) atoms. The lowest BCUT2D eigenvalue weighted by Crippen LogP contribution is -1.72. The van der Waals surface area contributed by atoms with E-state index in [1.165, 1.54) is 25.1 Å². The van der Waals surface area contributed by atoms with E-state index in [2.05, 4.69) is 77.2 Å². The second-order valence-electron chi connectivity index (χ2n) is 4.41. The normalized spacial score (nSPS) is 11.6. The third kappa shape index (κ3) is 1.38. The third-order valence-corrected chi connectivity index (χ3v) is 4.00. The Morgan fingerprint density at radius 1 is 0.778 bits per heavy atom. The first-order valence-electron chi connectivity index (χ1n) is 5.82. The number of hydrogen-bond donors (Lipinski definition) is 0. The fourth-order valence-electron chi connectivity index (χ4n) is 2.48. The topological polar surface area (TPSA) is 13.1 Å². The van der Waals surface area contributed by atoms with Gasteiger partial charge in [-0.05, 0) is 52.2 Å². The monoisotopic (exact) mass is 344 g/mol. The number of halogens is 1. The molecule has 0 radical (unpaired) electrons. The predicted octanol–water partition coefficient (Wildman–Crippen LogP) is 5.34. The summed E-state index contributed by atoms with van der Waals surface area (Å²) in [6.07, 6.45) is 0. The first kappa shape index (κ1) is 10.4. The number of furan rings is 1. The van der Waals surface area contributed by atoms with Crippen molar-refractivity contribution >= 4 is 55.3 Å². The highest BCUT2D eigenvalue weighted by atomic mass is 127. The molecule has 0 amide bonds. The summed E-state index contributed by atoms with van der Waals surface area (Å²) in [6, 6.07) is 19.0. The van der Waals surface area contributed by atoms with Crippen LogP contribution in [-0.4, -0.2) is 0 Å². The summed E-state index contributed by atoms with van der Waals surface area (Å²) in [7, 11) is 0. The Bertz CT molecular complexity index is 889. The molecule has 4 rings (SSSR count). The third-order valence-electron chi connectivity index (χ3n) is 3.33. The van der Waals surface area contributed by atoms with Crippen LogP contribution in [0.15, 0.2) is 59.0 Å². The van der Waals surface area contributed by atoms with Crippen molar-refractivity contribution in [2.45, 2.75) is 0 Å². The summed E-state index contributed by atoms with van der Waals surface area (Å²) < 4.78 is 7.24. The van der Waals surface area contributed by atoms with Crippen molar-refractivity contribution in [1.29, 1.82) is 0 Å². The molecular weight excluding hydrogens is 335 g/mol. The molecule has 1 aromatic heterocycles. The first-order valence-corrected chi connectivity index (χ1v) is 6.90. The van der Waals surface area contributed by atoms with E-state index in [0.29, 0.717) is 0 Å². The molecule has 0 fully saturated rings. The lowest BCUT2D eigenvalue weighted by Gasteiger charge is -1.97. The van der Waals surface area contributed by atoms with Gasteiger partial charge in [0.05, 0.1) is 0 Å². The van der Waals surface area contributed by atoms with Crippen molar-refractivity contribution in [3.05, 3.63) is 58.2 Å². The van der Waals surface area contributed by atoms with Crippen molar-refractivity contribution in [2.24, 2.45) is 0 Å². The van der Waals surface area contributed by atoms with E-state index in [1.54, 1.807) is 0 Å². The summed E-state index contributed by atoms with van der Waals surface area (Å²) >= 11 is 2.31. The van der Waals surface area contributed by atoms with Crippen LogP contribution in [0.5, 0.6) is 0 Å². The van der Waals surface area contributed by atoms with E-state index in [9.17, 15) is 0 Å². The Hall–Kier alpha value is -1.55. The second kappa shape index (κ2) is 3.72. The summed E-state index contributed by atoms with van der Waals surface area (Å²) in [6.45, 7) is 0. The standard InChI is InChI=1S/C16H9IO/c17-11-6-8-13-14-7-5-10-3-1-2-4-12(10)16(14)18-15(13)9-11/h1-9H. The highest BCUT2D eigenvalue weighted by Crippen LogP contribution is 2.34. The fraction of sp³-hybridized carbons (Fsp3) is 0. The predicted molar refractivity (Wildman–Crippen MR) is 83.9 cm³/mol. The second-order valence-corrected chi connectivity index (χ2v) is 5.65. The van der Waals surface area contributed by atoms with Crippen molar-refractivity contribution in [3.8, 4) is 0 Å². The first-order chi connectivity index (χ1) is 8.83. The number of fused-ring (bicyclic) bond motifs is 5. The van der Waals surface area contributed by atoms with Crippen molar-refractivity contribution in [2.75, 3.05) is 0 Å². The fourth-order valence-corrected chi connectivity index (χ4v) is 2.94. The van der Waals surface area contributed by atoms with Gasteiger partial charge in [0, 0.05) is 19.7 Å².